The van der Waals surface area contributed by atoms with Gasteiger partial charge < -0.3 is 10.6 Å². The van der Waals surface area contributed by atoms with Gasteiger partial charge in [-0.3, -0.25) is 14.9 Å². The summed E-state index contributed by atoms with van der Waals surface area (Å²) in [4.78, 5) is 24.0. The van der Waals surface area contributed by atoms with E-state index in [4.69, 9.17) is 11.6 Å². The fraction of sp³-hybridized carbons (Fsp3) is 0.500. The molecule has 1 saturated heterocycles. The van der Waals surface area contributed by atoms with Crippen molar-refractivity contribution in [3.8, 4) is 0 Å². The molecular formula is C16H17ClF3N3O2. The molecule has 2 unspecified atom stereocenters. The summed E-state index contributed by atoms with van der Waals surface area (Å²) >= 11 is 5.87. The number of carbonyl (C=O) groups excluding carboxylic acids is 2. The van der Waals surface area contributed by atoms with Gasteiger partial charge in [0, 0.05) is 11.6 Å². The second-order valence-electron chi connectivity index (χ2n) is 6.33. The van der Waals surface area contributed by atoms with Gasteiger partial charge in [-0.05, 0) is 36.5 Å². The number of halogens is 4. The Kier molecular flexibility index (Phi) is 4.92. The third-order valence-electron chi connectivity index (χ3n) is 4.33. The third kappa shape index (κ3) is 4.43. The lowest BCUT2D eigenvalue weighted by molar-refractivity contribution is -0.137. The molecule has 5 nitrogen and oxygen atoms in total. The number of benzene rings is 1. The summed E-state index contributed by atoms with van der Waals surface area (Å²) < 4.78 is 37.9. The van der Waals surface area contributed by atoms with Crippen LogP contribution >= 0.6 is 11.6 Å². The monoisotopic (exact) mass is 375 g/mol. The van der Waals surface area contributed by atoms with Crippen LogP contribution in [0.15, 0.2) is 18.2 Å². The molecule has 25 heavy (non-hydrogen) atoms. The normalized spacial score (nSPS) is 23.9. The van der Waals surface area contributed by atoms with E-state index in [2.05, 4.69) is 16.0 Å². The Morgan fingerprint density at radius 2 is 2.04 bits per heavy atom. The SMILES string of the molecule is O=C1CC(C(=O)NCc2ccc(C(F)(F)F)cc2Cl)NC(C2CC2)N1. The molecule has 2 atom stereocenters. The zero-order chi connectivity index (χ0) is 18.2. The predicted molar refractivity (Wildman–Crippen MR) is 84.5 cm³/mol. The van der Waals surface area contributed by atoms with Crippen LogP contribution in [0.5, 0.6) is 0 Å². The first kappa shape index (κ1) is 18.0. The Balaban J connectivity index is 1.59. The fourth-order valence-electron chi connectivity index (χ4n) is 2.76. The molecule has 1 aliphatic heterocycles. The first-order valence-electron chi connectivity index (χ1n) is 7.93. The van der Waals surface area contributed by atoms with E-state index in [-0.39, 0.29) is 36.0 Å². The second kappa shape index (κ2) is 6.84. The van der Waals surface area contributed by atoms with Crippen LogP contribution in [0, 0.1) is 5.92 Å². The van der Waals surface area contributed by atoms with Crippen LogP contribution in [0.3, 0.4) is 0 Å². The van der Waals surface area contributed by atoms with E-state index in [1.165, 1.54) is 6.07 Å². The zero-order valence-corrected chi connectivity index (χ0v) is 13.9. The highest BCUT2D eigenvalue weighted by atomic mass is 35.5. The van der Waals surface area contributed by atoms with Gasteiger partial charge in [0.25, 0.3) is 0 Å². The summed E-state index contributed by atoms with van der Waals surface area (Å²) in [5, 5.41) is 8.46. The molecule has 2 amide bonds. The molecule has 2 aliphatic rings. The van der Waals surface area contributed by atoms with Crippen LogP contribution in [0.4, 0.5) is 13.2 Å². The highest BCUT2D eigenvalue weighted by Gasteiger charge is 2.39. The van der Waals surface area contributed by atoms with Gasteiger partial charge in [0.1, 0.15) is 0 Å². The third-order valence-corrected chi connectivity index (χ3v) is 4.68. The Labute approximate surface area is 147 Å². The molecule has 3 N–H and O–H groups in total. The maximum absolute atomic E-state index is 12.6. The maximum atomic E-state index is 12.6. The first-order chi connectivity index (χ1) is 11.7. The number of amides is 2. The lowest BCUT2D eigenvalue weighted by atomic mass is 10.1. The number of nitrogens with one attached hydrogen (secondary N) is 3. The summed E-state index contributed by atoms with van der Waals surface area (Å²) in [7, 11) is 0. The van der Waals surface area contributed by atoms with Crippen molar-refractivity contribution in [3.63, 3.8) is 0 Å². The van der Waals surface area contributed by atoms with E-state index in [0.29, 0.717) is 11.5 Å². The molecule has 1 heterocycles. The average Bonchev–Trinajstić information content (AvgIpc) is 3.36. The molecule has 0 bridgehead atoms. The van der Waals surface area contributed by atoms with Crippen LogP contribution < -0.4 is 16.0 Å². The molecule has 1 aromatic carbocycles. The molecule has 3 rings (SSSR count). The standard InChI is InChI=1S/C16H17ClF3N3O2/c17-11-5-10(16(18,19)20)4-3-9(11)7-21-15(25)12-6-13(24)23-14(22-12)8-1-2-8/h3-5,8,12,14,22H,1-2,6-7H2,(H,21,25)(H,23,24). The highest BCUT2D eigenvalue weighted by Crippen LogP contribution is 2.33. The van der Waals surface area contributed by atoms with Gasteiger partial charge >= 0.3 is 6.18 Å². The summed E-state index contributed by atoms with van der Waals surface area (Å²) in [6.45, 7) is -0.0102. The molecular weight excluding hydrogens is 359 g/mol. The van der Waals surface area contributed by atoms with Crippen molar-refractivity contribution in [2.45, 2.75) is 44.2 Å². The number of hydrogen-bond acceptors (Lipinski definition) is 3. The van der Waals surface area contributed by atoms with Gasteiger partial charge in [0.05, 0.1) is 24.2 Å². The lowest BCUT2D eigenvalue weighted by Crippen LogP contribution is -2.61. The molecule has 2 fully saturated rings. The number of carbonyl (C=O) groups is 2. The minimum Gasteiger partial charge on any atom is -0.351 e. The Bertz CT molecular complexity index is 692. The van der Waals surface area contributed by atoms with Crippen LogP contribution in [0.1, 0.15) is 30.4 Å². The largest absolute Gasteiger partial charge is 0.416 e. The first-order valence-corrected chi connectivity index (χ1v) is 8.30. The van der Waals surface area contributed by atoms with Crippen LogP contribution in [-0.4, -0.2) is 24.0 Å². The molecule has 9 heteroatoms. The molecule has 1 saturated carbocycles. The quantitative estimate of drug-likeness (QED) is 0.755. The van der Waals surface area contributed by atoms with Crippen LogP contribution in [0.2, 0.25) is 5.02 Å². The lowest BCUT2D eigenvalue weighted by Gasteiger charge is -2.31. The number of alkyl halides is 3. The van der Waals surface area contributed by atoms with Crippen molar-refractivity contribution < 1.29 is 22.8 Å². The smallest absolute Gasteiger partial charge is 0.351 e. The Morgan fingerprint density at radius 3 is 2.64 bits per heavy atom. The second-order valence-corrected chi connectivity index (χ2v) is 6.73. The Morgan fingerprint density at radius 1 is 1.32 bits per heavy atom. The number of hydrogen-bond donors (Lipinski definition) is 3. The molecule has 0 radical (unpaired) electrons. The number of rotatable bonds is 4. The average molecular weight is 376 g/mol. The van der Waals surface area contributed by atoms with Crippen LogP contribution in [-0.2, 0) is 22.3 Å². The van der Waals surface area contributed by atoms with Crippen molar-refractivity contribution in [3.05, 3.63) is 34.3 Å². The van der Waals surface area contributed by atoms with Crippen molar-refractivity contribution in [2.24, 2.45) is 5.92 Å². The van der Waals surface area contributed by atoms with E-state index in [9.17, 15) is 22.8 Å². The molecule has 136 valence electrons. The van der Waals surface area contributed by atoms with Crippen molar-refractivity contribution >= 4 is 23.4 Å². The van der Waals surface area contributed by atoms with E-state index in [1.54, 1.807) is 0 Å². The molecule has 0 spiro atoms. The zero-order valence-electron chi connectivity index (χ0n) is 13.1. The van der Waals surface area contributed by atoms with Crippen LogP contribution in [0.25, 0.3) is 0 Å². The van der Waals surface area contributed by atoms with Gasteiger partial charge in [0.2, 0.25) is 11.8 Å². The summed E-state index contributed by atoms with van der Waals surface area (Å²) in [5.74, 6) is -0.219. The van der Waals surface area contributed by atoms with E-state index in [1.807, 2.05) is 0 Å². The molecule has 1 aromatic rings. The Hall–Kier alpha value is -1.80. The minimum atomic E-state index is -4.47. The predicted octanol–water partition coefficient (Wildman–Crippen LogP) is 2.19. The van der Waals surface area contributed by atoms with E-state index >= 15 is 0 Å². The summed E-state index contributed by atoms with van der Waals surface area (Å²) in [6, 6.07) is 2.33. The maximum Gasteiger partial charge on any atom is 0.416 e. The van der Waals surface area contributed by atoms with Crippen molar-refractivity contribution in [1.29, 1.82) is 0 Å². The van der Waals surface area contributed by atoms with E-state index < -0.39 is 17.8 Å². The van der Waals surface area contributed by atoms with Gasteiger partial charge in [0.15, 0.2) is 0 Å². The summed E-state index contributed by atoms with van der Waals surface area (Å²) in [6.07, 6.45) is -2.63. The van der Waals surface area contributed by atoms with Gasteiger partial charge in [-0.15, -0.1) is 0 Å². The van der Waals surface area contributed by atoms with Crippen molar-refractivity contribution in [1.82, 2.24) is 16.0 Å². The van der Waals surface area contributed by atoms with E-state index in [0.717, 1.165) is 25.0 Å². The van der Waals surface area contributed by atoms with Gasteiger partial charge in [-0.25, -0.2) is 0 Å². The van der Waals surface area contributed by atoms with Gasteiger partial charge in [-0.1, -0.05) is 17.7 Å². The highest BCUT2D eigenvalue weighted by molar-refractivity contribution is 6.31. The topological polar surface area (TPSA) is 70.2 Å². The van der Waals surface area contributed by atoms with Gasteiger partial charge in [-0.2, -0.15) is 13.2 Å². The molecule has 0 aromatic heterocycles. The van der Waals surface area contributed by atoms with Crippen molar-refractivity contribution in [2.75, 3.05) is 0 Å². The summed E-state index contributed by atoms with van der Waals surface area (Å²) in [5.41, 5.74) is -0.465. The molecule has 1 aliphatic carbocycles. The minimum absolute atomic E-state index is 0.0102. The fourth-order valence-corrected chi connectivity index (χ4v) is 3.01.